The van der Waals surface area contributed by atoms with E-state index >= 15 is 0 Å². The summed E-state index contributed by atoms with van der Waals surface area (Å²) < 4.78 is 0. The summed E-state index contributed by atoms with van der Waals surface area (Å²) in [7, 11) is 0. The fourth-order valence-electron chi connectivity index (χ4n) is 1.97. The van der Waals surface area contributed by atoms with E-state index in [1.54, 1.807) is 6.92 Å². The first kappa shape index (κ1) is 16.9. The van der Waals surface area contributed by atoms with E-state index in [2.05, 4.69) is 18.7 Å². The molecule has 1 aromatic heterocycles. The van der Waals surface area contributed by atoms with Crippen LogP contribution in [0.3, 0.4) is 0 Å². The van der Waals surface area contributed by atoms with Crippen molar-refractivity contribution in [2.75, 3.05) is 18.0 Å². The van der Waals surface area contributed by atoms with Gasteiger partial charge in [-0.25, -0.2) is 0 Å². The maximum atomic E-state index is 11.2. The minimum Gasteiger partial charge on any atom is -0.388 e. The number of hydrogen-bond donors (Lipinski definition) is 1. The number of nitrogens with zero attached hydrogens (tertiary/aromatic N) is 2. The van der Waals surface area contributed by atoms with E-state index in [4.69, 9.17) is 0 Å². The van der Waals surface area contributed by atoms with E-state index in [-0.39, 0.29) is 10.6 Å². The van der Waals surface area contributed by atoms with Gasteiger partial charge >= 0.3 is 5.69 Å². The van der Waals surface area contributed by atoms with Crippen LogP contribution in [0.4, 0.5) is 10.7 Å². The van der Waals surface area contributed by atoms with Crippen LogP contribution >= 0.6 is 11.3 Å². The van der Waals surface area contributed by atoms with Crippen molar-refractivity contribution in [3.05, 3.63) is 21.1 Å². The van der Waals surface area contributed by atoms with Crippen molar-refractivity contribution in [2.45, 2.75) is 52.6 Å². The molecule has 0 bridgehead atoms. The Kier molecular flexibility index (Phi) is 6.95. The van der Waals surface area contributed by atoms with Gasteiger partial charge in [0, 0.05) is 24.0 Å². The number of rotatable bonds is 9. The van der Waals surface area contributed by atoms with Crippen molar-refractivity contribution >= 4 is 22.0 Å². The molecule has 1 N–H and O–H groups in total. The Labute approximate surface area is 124 Å². The highest BCUT2D eigenvalue weighted by atomic mass is 32.1. The Hall–Kier alpha value is -1.14. The molecule has 1 aromatic rings. The first-order valence-electron chi connectivity index (χ1n) is 7.22. The third-order valence-corrected chi connectivity index (χ3v) is 4.53. The van der Waals surface area contributed by atoms with Crippen molar-refractivity contribution in [3.8, 4) is 0 Å². The van der Waals surface area contributed by atoms with Crippen LogP contribution in [0, 0.1) is 10.1 Å². The lowest BCUT2D eigenvalue weighted by molar-refractivity contribution is -0.383. The van der Waals surface area contributed by atoms with Crippen LogP contribution in [0.5, 0.6) is 0 Å². The van der Waals surface area contributed by atoms with Gasteiger partial charge in [-0.2, -0.15) is 0 Å². The van der Waals surface area contributed by atoms with Gasteiger partial charge in [-0.15, -0.1) is 11.3 Å². The molecule has 0 aliphatic rings. The third kappa shape index (κ3) is 4.45. The molecule has 0 radical (unpaired) electrons. The van der Waals surface area contributed by atoms with Gasteiger partial charge in [0.15, 0.2) is 5.00 Å². The lowest BCUT2D eigenvalue weighted by atomic mass is 10.2. The van der Waals surface area contributed by atoms with E-state index < -0.39 is 6.10 Å². The molecule has 0 amide bonds. The van der Waals surface area contributed by atoms with Crippen molar-refractivity contribution < 1.29 is 10.0 Å². The molecule has 0 saturated heterocycles. The van der Waals surface area contributed by atoms with Crippen LogP contribution in [0.1, 0.15) is 57.4 Å². The normalized spacial score (nSPS) is 12.4. The molecule has 0 saturated carbocycles. The predicted octanol–water partition coefficient (Wildman–Crippen LogP) is 4.12. The maximum absolute atomic E-state index is 11.2. The average molecular weight is 300 g/mol. The van der Waals surface area contributed by atoms with Crippen LogP contribution in [0.2, 0.25) is 0 Å². The summed E-state index contributed by atoms with van der Waals surface area (Å²) in [6.07, 6.45) is 3.49. The highest BCUT2D eigenvalue weighted by molar-refractivity contribution is 7.16. The molecule has 5 nitrogen and oxygen atoms in total. The summed E-state index contributed by atoms with van der Waals surface area (Å²) in [5, 5.41) is 21.5. The first-order chi connectivity index (χ1) is 9.51. The van der Waals surface area contributed by atoms with E-state index in [1.165, 1.54) is 17.4 Å². The fraction of sp³-hybridized carbons (Fsp3) is 0.714. The van der Waals surface area contributed by atoms with Crippen LogP contribution in [0.25, 0.3) is 0 Å². The topological polar surface area (TPSA) is 66.6 Å². The summed E-state index contributed by atoms with van der Waals surface area (Å²) >= 11 is 1.34. The van der Waals surface area contributed by atoms with Crippen molar-refractivity contribution in [1.29, 1.82) is 0 Å². The van der Waals surface area contributed by atoms with Crippen LogP contribution in [-0.2, 0) is 0 Å². The summed E-state index contributed by atoms with van der Waals surface area (Å²) in [5.74, 6) is 0. The predicted molar refractivity (Wildman–Crippen MR) is 83.6 cm³/mol. The molecular weight excluding hydrogens is 276 g/mol. The molecule has 114 valence electrons. The zero-order chi connectivity index (χ0) is 15.1. The van der Waals surface area contributed by atoms with Gasteiger partial charge in [0.25, 0.3) is 0 Å². The second-order valence-corrected chi connectivity index (χ2v) is 6.03. The van der Waals surface area contributed by atoms with E-state index in [1.807, 2.05) is 0 Å². The lowest BCUT2D eigenvalue weighted by Gasteiger charge is -2.22. The van der Waals surface area contributed by atoms with Gasteiger partial charge in [-0.05, 0) is 19.8 Å². The molecule has 1 heterocycles. The SMILES string of the molecule is CCCCN(CCCC)c1sc(C(C)O)cc1[N+](=O)[O-]. The quantitative estimate of drug-likeness (QED) is 0.550. The van der Waals surface area contributed by atoms with Crippen LogP contribution < -0.4 is 4.90 Å². The summed E-state index contributed by atoms with van der Waals surface area (Å²) in [6.45, 7) is 7.53. The fourth-order valence-corrected chi connectivity index (χ4v) is 3.08. The van der Waals surface area contributed by atoms with E-state index in [0.717, 1.165) is 38.8 Å². The van der Waals surface area contributed by atoms with Crippen molar-refractivity contribution in [2.24, 2.45) is 0 Å². The molecule has 0 aliphatic carbocycles. The smallest absolute Gasteiger partial charge is 0.304 e. The van der Waals surface area contributed by atoms with Gasteiger partial charge in [0.2, 0.25) is 0 Å². The number of aliphatic hydroxyl groups excluding tert-OH is 1. The number of aliphatic hydroxyl groups is 1. The molecule has 1 rings (SSSR count). The molecule has 6 heteroatoms. The second-order valence-electron chi connectivity index (χ2n) is 4.97. The summed E-state index contributed by atoms with van der Waals surface area (Å²) in [5.41, 5.74) is 0.123. The Bertz CT molecular complexity index is 424. The molecule has 1 unspecified atom stereocenters. The van der Waals surface area contributed by atoms with Gasteiger partial charge in [0.05, 0.1) is 11.0 Å². The Morgan fingerprint density at radius 2 is 1.90 bits per heavy atom. The molecule has 20 heavy (non-hydrogen) atoms. The van der Waals surface area contributed by atoms with Gasteiger partial charge in [0.1, 0.15) is 0 Å². The van der Waals surface area contributed by atoms with E-state index in [9.17, 15) is 15.2 Å². The number of anilines is 1. The largest absolute Gasteiger partial charge is 0.388 e. The van der Waals surface area contributed by atoms with Crippen molar-refractivity contribution in [3.63, 3.8) is 0 Å². The molecule has 0 aliphatic heterocycles. The Morgan fingerprint density at radius 3 is 2.30 bits per heavy atom. The van der Waals surface area contributed by atoms with Gasteiger partial charge in [-0.1, -0.05) is 26.7 Å². The number of unbranched alkanes of at least 4 members (excludes halogenated alkanes) is 2. The van der Waals surface area contributed by atoms with Gasteiger partial charge < -0.3 is 10.0 Å². The standard InChI is InChI=1S/C14H24N2O3S/c1-4-6-8-15(9-7-5-2)14-12(16(18)19)10-13(20-14)11(3)17/h10-11,17H,4-9H2,1-3H3. The summed E-state index contributed by atoms with van der Waals surface area (Å²) in [4.78, 5) is 13.6. The van der Waals surface area contributed by atoms with Gasteiger partial charge in [-0.3, -0.25) is 10.1 Å². The number of nitro groups is 1. The zero-order valence-corrected chi connectivity index (χ0v) is 13.3. The molecule has 0 aromatic carbocycles. The Morgan fingerprint density at radius 1 is 1.35 bits per heavy atom. The number of thiophene rings is 1. The minimum atomic E-state index is -0.661. The highest BCUT2D eigenvalue weighted by Gasteiger charge is 2.24. The highest BCUT2D eigenvalue weighted by Crippen LogP contribution is 2.40. The third-order valence-electron chi connectivity index (χ3n) is 3.17. The average Bonchev–Trinajstić information content (AvgIpc) is 2.84. The van der Waals surface area contributed by atoms with Crippen LogP contribution in [0.15, 0.2) is 6.07 Å². The van der Waals surface area contributed by atoms with E-state index in [0.29, 0.717) is 9.88 Å². The summed E-state index contributed by atoms with van der Waals surface area (Å²) in [6, 6.07) is 1.51. The molecule has 0 spiro atoms. The monoisotopic (exact) mass is 300 g/mol. The second kappa shape index (κ2) is 8.21. The molecular formula is C14H24N2O3S. The lowest BCUT2D eigenvalue weighted by Crippen LogP contribution is -2.25. The van der Waals surface area contributed by atoms with Crippen LogP contribution in [-0.4, -0.2) is 23.1 Å². The number of hydrogen-bond acceptors (Lipinski definition) is 5. The van der Waals surface area contributed by atoms with Crippen molar-refractivity contribution in [1.82, 2.24) is 0 Å². The first-order valence-corrected chi connectivity index (χ1v) is 8.04. The Balaban J connectivity index is 3.05. The molecule has 1 atom stereocenters. The maximum Gasteiger partial charge on any atom is 0.304 e. The minimum absolute atomic E-state index is 0.123. The zero-order valence-electron chi connectivity index (χ0n) is 12.5. The molecule has 0 fully saturated rings.